The molecule has 0 saturated heterocycles. The standard InChI is InChI=1S/C11H10O2/c1-7-3-4-9-6-13-11(8(2)12)10(9)5-7/h3-6H,1-2H3. The Balaban J connectivity index is 2.79. The van der Waals surface area contributed by atoms with E-state index in [1.54, 1.807) is 6.26 Å². The Morgan fingerprint density at radius 3 is 2.85 bits per heavy atom. The van der Waals surface area contributed by atoms with Crippen molar-refractivity contribution in [3.63, 3.8) is 0 Å². The lowest BCUT2D eigenvalue weighted by Gasteiger charge is -1.93. The van der Waals surface area contributed by atoms with Gasteiger partial charge in [-0.05, 0) is 13.0 Å². The minimum Gasteiger partial charge on any atom is -0.460 e. The summed E-state index contributed by atoms with van der Waals surface area (Å²) in [5.41, 5.74) is 1.14. The summed E-state index contributed by atoms with van der Waals surface area (Å²) in [5.74, 6) is 0.430. The van der Waals surface area contributed by atoms with Gasteiger partial charge in [0, 0.05) is 17.7 Å². The monoisotopic (exact) mass is 174 g/mol. The van der Waals surface area contributed by atoms with Crippen LogP contribution in [0.5, 0.6) is 0 Å². The van der Waals surface area contributed by atoms with Gasteiger partial charge in [0.25, 0.3) is 0 Å². The summed E-state index contributed by atoms with van der Waals surface area (Å²) >= 11 is 0. The molecule has 0 unspecified atom stereocenters. The third kappa shape index (κ3) is 1.24. The number of carbonyl (C=O) groups excluding carboxylic acids is 1. The first-order valence-electron chi connectivity index (χ1n) is 4.17. The second-order valence-electron chi connectivity index (χ2n) is 3.21. The van der Waals surface area contributed by atoms with Gasteiger partial charge >= 0.3 is 0 Å². The molecule has 1 aromatic heterocycles. The maximum atomic E-state index is 11.1. The molecule has 0 N–H and O–H groups in total. The Morgan fingerprint density at radius 1 is 1.38 bits per heavy atom. The molecule has 0 spiro atoms. The van der Waals surface area contributed by atoms with E-state index in [9.17, 15) is 4.79 Å². The predicted octanol–water partition coefficient (Wildman–Crippen LogP) is 2.94. The highest BCUT2D eigenvalue weighted by Gasteiger charge is 2.09. The molecule has 0 aliphatic heterocycles. The normalized spacial score (nSPS) is 10.6. The van der Waals surface area contributed by atoms with Gasteiger partial charge in [0.15, 0.2) is 11.5 Å². The van der Waals surface area contributed by atoms with Crippen molar-refractivity contribution in [2.24, 2.45) is 0 Å². The number of fused-ring (bicyclic) bond motifs is 1. The molecular formula is C11H10O2. The number of hydrogen-bond acceptors (Lipinski definition) is 2. The largest absolute Gasteiger partial charge is 0.460 e. The van der Waals surface area contributed by atoms with Gasteiger partial charge in [0.1, 0.15) is 0 Å². The van der Waals surface area contributed by atoms with Crippen LogP contribution in [0.1, 0.15) is 23.0 Å². The van der Waals surface area contributed by atoms with Crippen molar-refractivity contribution < 1.29 is 9.21 Å². The number of ketones is 1. The van der Waals surface area contributed by atoms with Crippen LogP contribution in [0.15, 0.2) is 28.9 Å². The fraction of sp³-hybridized carbons (Fsp3) is 0.182. The number of rotatable bonds is 1. The molecule has 1 heterocycles. The highest BCUT2D eigenvalue weighted by Crippen LogP contribution is 2.22. The Labute approximate surface area is 76.2 Å². The first-order chi connectivity index (χ1) is 6.18. The molecule has 0 aliphatic rings. The Kier molecular flexibility index (Phi) is 1.69. The molecule has 13 heavy (non-hydrogen) atoms. The molecule has 2 heteroatoms. The summed E-state index contributed by atoms with van der Waals surface area (Å²) in [6, 6.07) is 5.93. The second-order valence-corrected chi connectivity index (χ2v) is 3.21. The maximum Gasteiger partial charge on any atom is 0.195 e. The van der Waals surface area contributed by atoms with Crippen molar-refractivity contribution in [2.45, 2.75) is 13.8 Å². The summed E-state index contributed by atoms with van der Waals surface area (Å²) in [4.78, 5) is 11.1. The molecule has 0 amide bonds. The molecule has 0 radical (unpaired) electrons. The molecule has 1 aromatic carbocycles. The van der Waals surface area contributed by atoms with E-state index in [0.29, 0.717) is 5.76 Å². The van der Waals surface area contributed by atoms with Crippen molar-refractivity contribution in [1.29, 1.82) is 0 Å². The SMILES string of the molecule is CC(=O)c1occ2ccc(C)cc12. The van der Waals surface area contributed by atoms with Gasteiger partial charge in [-0.25, -0.2) is 0 Å². The van der Waals surface area contributed by atoms with E-state index in [1.807, 2.05) is 25.1 Å². The van der Waals surface area contributed by atoms with Gasteiger partial charge in [0.2, 0.25) is 0 Å². The molecule has 0 atom stereocenters. The van der Waals surface area contributed by atoms with E-state index in [2.05, 4.69) is 0 Å². The van der Waals surface area contributed by atoms with E-state index in [0.717, 1.165) is 16.3 Å². The van der Waals surface area contributed by atoms with Crippen molar-refractivity contribution >= 4 is 16.6 Å². The summed E-state index contributed by atoms with van der Waals surface area (Å²) in [6.45, 7) is 3.51. The maximum absolute atomic E-state index is 11.1. The summed E-state index contributed by atoms with van der Waals surface area (Å²) in [5, 5.41) is 1.89. The molecule has 2 aromatic rings. The lowest BCUT2D eigenvalue weighted by molar-refractivity contribution is 0.0989. The smallest absolute Gasteiger partial charge is 0.195 e. The van der Waals surface area contributed by atoms with Crippen LogP contribution in [0.3, 0.4) is 0 Å². The van der Waals surface area contributed by atoms with Crippen LogP contribution >= 0.6 is 0 Å². The highest BCUT2D eigenvalue weighted by atomic mass is 16.3. The Bertz CT molecular complexity index is 466. The fourth-order valence-electron chi connectivity index (χ4n) is 1.43. The first-order valence-corrected chi connectivity index (χ1v) is 4.17. The minimum absolute atomic E-state index is 0.0272. The Morgan fingerprint density at radius 2 is 2.15 bits per heavy atom. The van der Waals surface area contributed by atoms with Gasteiger partial charge in [-0.1, -0.05) is 17.7 Å². The summed E-state index contributed by atoms with van der Waals surface area (Å²) in [6.07, 6.45) is 1.62. The zero-order chi connectivity index (χ0) is 9.42. The van der Waals surface area contributed by atoms with Gasteiger partial charge in [-0.15, -0.1) is 0 Å². The molecule has 2 nitrogen and oxygen atoms in total. The van der Waals surface area contributed by atoms with E-state index in [-0.39, 0.29) is 5.78 Å². The average molecular weight is 174 g/mol. The second kappa shape index (κ2) is 2.73. The van der Waals surface area contributed by atoms with Gasteiger partial charge in [0.05, 0.1) is 6.26 Å². The van der Waals surface area contributed by atoms with Gasteiger partial charge in [-0.2, -0.15) is 0 Å². The summed E-state index contributed by atoms with van der Waals surface area (Å²) < 4.78 is 5.18. The zero-order valence-corrected chi connectivity index (χ0v) is 7.63. The fourth-order valence-corrected chi connectivity index (χ4v) is 1.43. The van der Waals surface area contributed by atoms with E-state index in [1.165, 1.54) is 6.92 Å². The highest BCUT2D eigenvalue weighted by molar-refractivity contribution is 6.04. The van der Waals surface area contributed by atoms with Crippen LogP contribution in [-0.2, 0) is 0 Å². The third-order valence-electron chi connectivity index (χ3n) is 2.08. The van der Waals surface area contributed by atoms with Gasteiger partial charge in [-0.3, -0.25) is 4.79 Å². The lowest BCUT2D eigenvalue weighted by Crippen LogP contribution is -1.88. The van der Waals surface area contributed by atoms with Gasteiger partial charge < -0.3 is 4.42 Å². The van der Waals surface area contributed by atoms with Crippen LogP contribution in [0.2, 0.25) is 0 Å². The van der Waals surface area contributed by atoms with Crippen molar-refractivity contribution in [1.82, 2.24) is 0 Å². The van der Waals surface area contributed by atoms with Crippen LogP contribution < -0.4 is 0 Å². The minimum atomic E-state index is -0.0272. The van der Waals surface area contributed by atoms with Crippen molar-refractivity contribution in [2.75, 3.05) is 0 Å². The quantitative estimate of drug-likeness (QED) is 0.622. The van der Waals surface area contributed by atoms with E-state index >= 15 is 0 Å². The Hall–Kier alpha value is -1.57. The average Bonchev–Trinajstić information content (AvgIpc) is 2.46. The van der Waals surface area contributed by atoms with Crippen LogP contribution in [0.25, 0.3) is 10.8 Å². The number of furan rings is 1. The molecule has 0 saturated carbocycles. The van der Waals surface area contributed by atoms with Crippen LogP contribution in [-0.4, -0.2) is 5.78 Å². The topological polar surface area (TPSA) is 30.2 Å². The van der Waals surface area contributed by atoms with Crippen molar-refractivity contribution in [3.8, 4) is 0 Å². The summed E-state index contributed by atoms with van der Waals surface area (Å²) in [7, 11) is 0. The molecule has 66 valence electrons. The van der Waals surface area contributed by atoms with E-state index in [4.69, 9.17) is 4.42 Å². The first kappa shape index (κ1) is 8.05. The van der Waals surface area contributed by atoms with Crippen LogP contribution in [0.4, 0.5) is 0 Å². The molecule has 0 fully saturated rings. The lowest BCUT2D eigenvalue weighted by atomic mass is 10.1. The zero-order valence-electron chi connectivity index (χ0n) is 7.63. The number of aryl methyl sites for hydroxylation is 1. The molecule has 0 aliphatic carbocycles. The van der Waals surface area contributed by atoms with Crippen LogP contribution in [0, 0.1) is 6.92 Å². The number of Topliss-reactive ketones (excluding diaryl/α,β-unsaturated/α-hetero) is 1. The molecule has 2 rings (SSSR count). The molecule has 0 bridgehead atoms. The third-order valence-corrected chi connectivity index (χ3v) is 2.08. The number of hydrogen-bond donors (Lipinski definition) is 0. The predicted molar refractivity (Wildman–Crippen MR) is 51.0 cm³/mol. The number of carbonyl (C=O) groups is 1. The number of benzene rings is 1. The van der Waals surface area contributed by atoms with Crippen molar-refractivity contribution in [3.05, 3.63) is 35.8 Å². The molecular weight excluding hydrogens is 164 g/mol. The van der Waals surface area contributed by atoms with E-state index < -0.39 is 0 Å².